The predicted octanol–water partition coefficient (Wildman–Crippen LogP) is 3.55. The molecule has 0 saturated carbocycles. The molecule has 1 aromatic heterocycles. The molecule has 0 atom stereocenters. The van der Waals surface area contributed by atoms with E-state index >= 15 is 0 Å². The van der Waals surface area contributed by atoms with E-state index in [1.54, 1.807) is 0 Å². The molecular weight excluding hydrogens is 214 g/mol. The number of carbonyl (C=O) groups is 1. The maximum atomic E-state index is 10.8. The molecule has 0 unspecified atom stereocenters. The van der Waals surface area contributed by atoms with E-state index in [1.807, 2.05) is 19.1 Å². The monoisotopic (exact) mass is 235 g/mol. The number of rotatable bonds is 8. The molecule has 0 aliphatic rings. The van der Waals surface area contributed by atoms with Gasteiger partial charge in [0, 0.05) is 5.69 Å². The first-order valence-electron chi connectivity index (χ1n) is 6.33. The van der Waals surface area contributed by atoms with Gasteiger partial charge in [-0.2, -0.15) is 0 Å². The van der Waals surface area contributed by atoms with Crippen LogP contribution < -0.4 is 4.74 Å². The van der Waals surface area contributed by atoms with Gasteiger partial charge in [-0.05, 0) is 25.5 Å². The Hall–Kier alpha value is -1.38. The number of nitrogens with zero attached hydrogens (tertiary/aromatic N) is 1. The van der Waals surface area contributed by atoms with Gasteiger partial charge in [0.2, 0.25) is 0 Å². The van der Waals surface area contributed by atoms with Gasteiger partial charge in [0.05, 0.1) is 6.61 Å². The Kier molecular flexibility index (Phi) is 6.30. The second-order valence-corrected chi connectivity index (χ2v) is 4.22. The molecule has 0 saturated heterocycles. The first kappa shape index (κ1) is 13.7. The van der Waals surface area contributed by atoms with Crippen molar-refractivity contribution in [2.45, 2.75) is 46.0 Å². The van der Waals surface area contributed by atoms with Gasteiger partial charge < -0.3 is 4.74 Å². The Morgan fingerprint density at radius 3 is 2.71 bits per heavy atom. The lowest BCUT2D eigenvalue weighted by Gasteiger charge is -2.08. The van der Waals surface area contributed by atoms with Crippen LogP contribution in [0, 0.1) is 6.92 Å². The van der Waals surface area contributed by atoms with E-state index in [4.69, 9.17) is 4.74 Å². The molecule has 17 heavy (non-hydrogen) atoms. The van der Waals surface area contributed by atoms with Crippen molar-refractivity contribution in [3.63, 3.8) is 0 Å². The molecule has 0 bridgehead atoms. The molecule has 0 aliphatic heterocycles. The third-order valence-corrected chi connectivity index (χ3v) is 2.64. The highest BCUT2D eigenvalue weighted by molar-refractivity contribution is 5.76. The summed E-state index contributed by atoms with van der Waals surface area (Å²) in [4.78, 5) is 14.9. The zero-order valence-electron chi connectivity index (χ0n) is 10.7. The molecule has 0 spiro atoms. The summed E-state index contributed by atoms with van der Waals surface area (Å²) in [5.74, 6) is 0.598. The third-order valence-electron chi connectivity index (χ3n) is 2.64. The molecule has 3 heteroatoms. The summed E-state index contributed by atoms with van der Waals surface area (Å²) >= 11 is 0. The van der Waals surface area contributed by atoms with Crippen LogP contribution in [0.1, 0.15) is 55.2 Å². The van der Waals surface area contributed by atoms with Crippen LogP contribution in [0.15, 0.2) is 12.1 Å². The zero-order chi connectivity index (χ0) is 12.5. The summed E-state index contributed by atoms with van der Waals surface area (Å²) in [7, 11) is 0. The maximum Gasteiger partial charge on any atom is 0.172 e. The second kappa shape index (κ2) is 7.82. The molecule has 0 aliphatic carbocycles. The minimum atomic E-state index is 0.401. The van der Waals surface area contributed by atoms with E-state index in [9.17, 15) is 4.79 Å². The van der Waals surface area contributed by atoms with Crippen LogP contribution in [0.4, 0.5) is 0 Å². The fourth-order valence-electron chi connectivity index (χ4n) is 1.66. The number of hydrogen-bond acceptors (Lipinski definition) is 3. The van der Waals surface area contributed by atoms with E-state index in [0.29, 0.717) is 18.1 Å². The first-order chi connectivity index (χ1) is 8.27. The number of aldehydes is 1. The van der Waals surface area contributed by atoms with E-state index < -0.39 is 0 Å². The summed E-state index contributed by atoms with van der Waals surface area (Å²) in [6.45, 7) is 4.72. The van der Waals surface area contributed by atoms with Gasteiger partial charge in [0.25, 0.3) is 0 Å². The van der Waals surface area contributed by atoms with Crippen molar-refractivity contribution in [3.8, 4) is 5.75 Å². The molecule has 3 nitrogen and oxygen atoms in total. The summed E-state index contributed by atoms with van der Waals surface area (Å²) in [5, 5.41) is 0. The van der Waals surface area contributed by atoms with Crippen LogP contribution in [-0.4, -0.2) is 17.9 Å². The lowest BCUT2D eigenvalue weighted by molar-refractivity contribution is 0.111. The molecule has 0 fully saturated rings. The maximum absolute atomic E-state index is 10.8. The predicted molar refractivity (Wildman–Crippen MR) is 68.6 cm³/mol. The zero-order valence-corrected chi connectivity index (χ0v) is 10.7. The van der Waals surface area contributed by atoms with Gasteiger partial charge >= 0.3 is 0 Å². The van der Waals surface area contributed by atoms with Crippen molar-refractivity contribution in [2.24, 2.45) is 0 Å². The summed E-state index contributed by atoms with van der Waals surface area (Å²) in [5.41, 5.74) is 1.24. The average Bonchev–Trinajstić information content (AvgIpc) is 2.35. The molecule has 0 radical (unpaired) electrons. The van der Waals surface area contributed by atoms with Crippen LogP contribution in [0.3, 0.4) is 0 Å². The van der Waals surface area contributed by atoms with E-state index in [-0.39, 0.29) is 0 Å². The minimum Gasteiger partial charge on any atom is -0.491 e. The van der Waals surface area contributed by atoms with Crippen LogP contribution in [0.5, 0.6) is 5.75 Å². The van der Waals surface area contributed by atoms with Crippen LogP contribution in [-0.2, 0) is 0 Å². The minimum absolute atomic E-state index is 0.401. The van der Waals surface area contributed by atoms with Gasteiger partial charge in [-0.25, -0.2) is 4.98 Å². The van der Waals surface area contributed by atoms with Gasteiger partial charge in [-0.1, -0.05) is 32.6 Å². The smallest absolute Gasteiger partial charge is 0.172 e. The molecule has 94 valence electrons. The Balaban J connectivity index is 2.33. The normalized spacial score (nSPS) is 10.2. The number of unbranched alkanes of at least 4 members (excludes halogenated alkanes) is 4. The highest BCUT2D eigenvalue weighted by atomic mass is 16.5. The quantitative estimate of drug-likeness (QED) is 0.511. The number of pyridine rings is 1. The molecular formula is C14H21NO2. The largest absolute Gasteiger partial charge is 0.491 e. The van der Waals surface area contributed by atoms with Gasteiger partial charge in [0.15, 0.2) is 6.29 Å². The Labute approximate surface area is 103 Å². The molecule has 0 N–H and O–H groups in total. The van der Waals surface area contributed by atoms with Crippen molar-refractivity contribution in [1.82, 2.24) is 4.98 Å². The van der Waals surface area contributed by atoms with E-state index in [2.05, 4.69) is 11.9 Å². The van der Waals surface area contributed by atoms with Gasteiger partial charge in [-0.3, -0.25) is 4.79 Å². The highest BCUT2D eigenvalue weighted by Gasteiger charge is 2.04. The summed E-state index contributed by atoms with van der Waals surface area (Å²) < 4.78 is 5.57. The SMILES string of the molecule is CCCCCCCOc1ccc(C)nc1C=O. The van der Waals surface area contributed by atoms with Crippen LogP contribution in [0.2, 0.25) is 0 Å². The second-order valence-electron chi connectivity index (χ2n) is 4.22. The van der Waals surface area contributed by atoms with Crippen LogP contribution in [0.25, 0.3) is 0 Å². The number of aryl methyl sites for hydroxylation is 1. The lowest BCUT2D eigenvalue weighted by Crippen LogP contribution is -2.02. The van der Waals surface area contributed by atoms with E-state index in [0.717, 1.165) is 18.4 Å². The lowest BCUT2D eigenvalue weighted by atomic mass is 10.2. The van der Waals surface area contributed by atoms with Crippen LogP contribution >= 0.6 is 0 Å². The van der Waals surface area contributed by atoms with Gasteiger partial charge in [0.1, 0.15) is 11.4 Å². The van der Waals surface area contributed by atoms with Crippen molar-refractivity contribution in [3.05, 3.63) is 23.5 Å². The molecule has 0 aromatic carbocycles. The fourth-order valence-corrected chi connectivity index (χ4v) is 1.66. The molecule has 1 aromatic rings. The topological polar surface area (TPSA) is 39.2 Å². The standard InChI is InChI=1S/C14H21NO2/c1-3-4-5-6-7-10-17-14-9-8-12(2)15-13(14)11-16/h8-9,11H,3-7,10H2,1-2H3. The van der Waals surface area contributed by atoms with Crippen molar-refractivity contribution >= 4 is 6.29 Å². The number of ether oxygens (including phenoxy) is 1. The van der Waals surface area contributed by atoms with E-state index in [1.165, 1.54) is 25.7 Å². The number of hydrogen-bond donors (Lipinski definition) is 0. The highest BCUT2D eigenvalue weighted by Crippen LogP contribution is 2.15. The fraction of sp³-hybridized carbons (Fsp3) is 0.571. The van der Waals surface area contributed by atoms with Gasteiger partial charge in [-0.15, -0.1) is 0 Å². The first-order valence-corrected chi connectivity index (χ1v) is 6.33. The van der Waals surface area contributed by atoms with Crippen molar-refractivity contribution in [2.75, 3.05) is 6.61 Å². The third kappa shape index (κ3) is 4.98. The summed E-state index contributed by atoms with van der Waals surface area (Å²) in [6.07, 6.45) is 6.76. The van der Waals surface area contributed by atoms with Crippen molar-refractivity contribution < 1.29 is 9.53 Å². The molecule has 1 heterocycles. The van der Waals surface area contributed by atoms with Crippen molar-refractivity contribution in [1.29, 1.82) is 0 Å². The number of aromatic nitrogens is 1. The summed E-state index contributed by atoms with van der Waals surface area (Å²) in [6, 6.07) is 3.68. The number of carbonyl (C=O) groups excluding carboxylic acids is 1. The Morgan fingerprint density at radius 1 is 1.24 bits per heavy atom. The molecule has 1 rings (SSSR count). The molecule has 0 amide bonds. The average molecular weight is 235 g/mol. The Bertz CT molecular complexity index is 350. The Morgan fingerprint density at radius 2 is 2.00 bits per heavy atom.